The van der Waals surface area contributed by atoms with E-state index in [1.54, 1.807) is 34.9 Å². The van der Waals surface area contributed by atoms with Crippen LogP contribution in [0.15, 0.2) is 79.4 Å². The Labute approximate surface area is 210 Å². The number of likely N-dealkylation sites (N-methyl/N-ethyl adjacent to an activating group) is 1. The molecule has 0 radical (unpaired) electrons. The average Bonchev–Trinajstić information content (AvgIpc) is 3.34. The van der Waals surface area contributed by atoms with Crippen LogP contribution in [-0.4, -0.2) is 47.0 Å². The van der Waals surface area contributed by atoms with Gasteiger partial charge in [-0.2, -0.15) is 8.78 Å². The summed E-state index contributed by atoms with van der Waals surface area (Å²) in [6.07, 6.45) is 2.29. The number of ether oxygens (including phenoxy) is 1. The largest absolute Gasteiger partial charge is 0.457 e. The predicted octanol–water partition coefficient (Wildman–Crippen LogP) is 6.03. The molecule has 0 atom stereocenters. The lowest BCUT2D eigenvalue weighted by atomic mass is 9.81. The van der Waals surface area contributed by atoms with Crippen molar-refractivity contribution < 1.29 is 18.3 Å². The van der Waals surface area contributed by atoms with Crippen molar-refractivity contribution in [1.29, 1.82) is 0 Å². The van der Waals surface area contributed by atoms with Gasteiger partial charge in [0.05, 0.1) is 11.2 Å². The second-order valence-corrected chi connectivity index (χ2v) is 9.64. The molecule has 5 rings (SSSR count). The lowest BCUT2D eigenvalue weighted by molar-refractivity contribution is -0.0189. The summed E-state index contributed by atoms with van der Waals surface area (Å²) in [5, 5.41) is 0. The third-order valence-corrected chi connectivity index (χ3v) is 7.58. The van der Waals surface area contributed by atoms with Gasteiger partial charge in [0.25, 0.3) is 11.8 Å². The van der Waals surface area contributed by atoms with Crippen LogP contribution in [0.1, 0.15) is 41.0 Å². The van der Waals surface area contributed by atoms with Crippen LogP contribution in [0, 0.1) is 0 Å². The summed E-state index contributed by atoms with van der Waals surface area (Å²) in [6, 6.07) is 20.1. The van der Waals surface area contributed by atoms with E-state index in [1.165, 1.54) is 6.08 Å². The van der Waals surface area contributed by atoms with Crippen molar-refractivity contribution in [3.8, 4) is 11.5 Å². The Bertz CT molecular complexity index is 1230. The number of amides is 1. The average molecular weight is 492 g/mol. The zero-order chi connectivity index (χ0) is 25.3. The standard InChI is InChI=1S/C29H31F2N3O2/c1-3-15-29(30,31)26-14-13-25-28(32(2)20-21-34(25)26)16-18-33(19-17-28)27(35)22-9-11-24(12-10-22)36-23-7-5-4-6-8-23/h3-14H,1,15-21H2,2H3. The minimum Gasteiger partial charge on any atom is -0.457 e. The fourth-order valence-corrected chi connectivity index (χ4v) is 5.57. The zero-order valence-electron chi connectivity index (χ0n) is 20.5. The van der Waals surface area contributed by atoms with Crippen molar-refractivity contribution in [3.05, 3.63) is 96.3 Å². The fraction of sp³-hybridized carbons (Fsp3) is 0.345. The van der Waals surface area contributed by atoms with Gasteiger partial charge in [0.2, 0.25) is 0 Å². The van der Waals surface area contributed by atoms with E-state index >= 15 is 0 Å². The summed E-state index contributed by atoms with van der Waals surface area (Å²) < 4.78 is 37.2. The van der Waals surface area contributed by atoms with Gasteiger partial charge in [0.15, 0.2) is 0 Å². The SMILES string of the molecule is C=CCC(F)(F)c1ccc2n1CCN(C)C21CCN(C(=O)c2ccc(Oc3ccccc3)cc2)CC1. The van der Waals surface area contributed by atoms with Gasteiger partial charge >= 0.3 is 0 Å². The number of hydrogen-bond acceptors (Lipinski definition) is 3. The normalized spacial score (nSPS) is 17.6. The Morgan fingerprint density at radius 1 is 0.972 bits per heavy atom. The number of aromatic nitrogens is 1. The number of likely N-dealkylation sites (tertiary alicyclic amines) is 1. The van der Waals surface area contributed by atoms with Gasteiger partial charge in [-0.15, -0.1) is 6.58 Å². The molecule has 7 heteroatoms. The maximum absolute atomic E-state index is 14.8. The molecule has 3 heterocycles. The number of alkyl halides is 2. The van der Waals surface area contributed by atoms with Crippen LogP contribution in [0.4, 0.5) is 8.78 Å². The molecule has 3 aromatic rings. The number of carbonyl (C=O) groups is 1. The van der Waals surface area contributed by atoms with Crippen LogP contribution in [0.25, 0.3) is 0 Å². The first-order valence-electron chi connectivity index (χ1n) is 12.4. The van der Waals surface area contributed by atoms with E-state index in [9.17, 15) is 13.6 Å². The number of carbonyl (C=O) groups excluding carboxylic acids is 1. The van der Waals surface area contributed by atoms with E-state index in [0.29, 0.717) is 50.3 Å². The Morgan fingerprint density at radius 3 is 2.31 bits per heavy atom. The third-order valence-electron chi connectivity index (χ3n) is 7.58. The number of allylic oxidation sites excluding steroid dienone is 1. The number of rotatable bonds is 6. The molecule has 0 bridgehead atoms. The lowest BCUT2D eigenvalue weighted by Gasteiger charge is -2.50. The number of nitrogens with zero attached hydrogens (tertiary/aromatic N) is 3. The number of halogens is 2. The number of para-hydroxylation sites is 1. The molecule has 2 aliphatic rings. The fourth-order valence-electron chi connectivity index (χ4n) is 5.57. The van der Waals surface area contributed by atoms with Crippen LogP contribution in [0.2, 0.25) is 0 Å². The monoisotopic (exact) mass is 491 g/mol. The molecule has 2 aromatic carbocycles. The van der Waals surface area contributed by atoms with Crippen molar-refractivity contribution in [1.82, 2.24) is 14.4 Å². The van der Waals surface area contributed by atoms with Gasteiger partial charge in [-0.25, -0.2) is 0 Å². The van der Waals surface area contributed by atoms with Gasteiger partial charge in [-0.1, -0.05) is 24.3 Å². The highest BCUT2D eigenvalue weighted by Crippen LogP contribution is 2.44. The molecular formula is C29H31F2N3O2. The van der Waals surface area contributed by atoms with E-state index in [1.807, 2.05) is 41.3 Å². The third kappa shape index (κ3) is 4.32. The number of piperidine rings is 1. The predicted molar refractivity (Wildman–Crippen MR) is 136 cm³/mol. The molecule has 0 saturated carbocycles. The highest BCUT2D eigenvalue weighted by Gasteiger charge is 2.47. The van der Waals surface area contributed by atoms with Gasteiger partial charge in [-0.05, 0) is 68.4 Å². The Kier molecular flexibility index (Phi) is 6.43. The minimum absolute atomic E-state index is 0.0249. The first-order valence-corrected chi connectivity index (χ1v) is 12.4. The molecule has 0 aliphatic carbocycles. The molecule has 1 amide bonds. The number of benzene rings is 2. The summed E-state index contributed by atoms with van der Waals surface area (Å²) in [4.78, 5) is 17.4. The maximum atomic E-state index is 14.8. The van der Waals surface area contributed by atoms with Gasteiger partial charge in [-0.3, -0.25) is 9.69 Å². The van der Waals surface area contributed by atoms with Crippen molar-refractivity contribution in [2.24, 2.45) is 0 Å². The molecule has 0 N–H and O–H groups in total. The molecule has 0 unspecified atom stereocenters. The molecule has 1 spiro atoms. The highest BCUT2D eigenvalue weighted by atomic mass is 19.3. The summed E-state index contributed by atoms with van der Waals surface area (Å²) >= 11 is 0. The molecule has 2 aliphatic heterocycles. The summed E-state index contributed by atoms with van der Waals surface area (Å²) in [7, 11) is 2.06. The topological polar surface area (TPSA) is 37.7 Å². The molecule has 1 aromatic heterocycles. The first-order chi connectivity index (χ1) is 17.3. The first kappa shape index (κ1) is 24.3. The van der Waals surface area contributed by atoms with Crippen molar-refractivity contribution in [2.45, 2.75) is 37.3 Å². The highest BCUT2D eigenvalue weighted by molar-refractivity contribution is 5.94. The molecule has 188 valence electrons. The Hall–Kier alpha value is -3.45. The molecule has 1 saturated heterocycles. The summed E-state index contributed by atoms with van der Waals surface area (Å²) in [5.74, 6) is -1.55. The quantitative estimate of drug-likeness (QED) is 0.396. The van der Waals surface area contributed by atoms with E-state index in [0.717, 1.165) is 11.4 Å². The zero-order valence-corrected chi connectivity index (χ0v) is 20.5. The van der Waals surface area contributed by atoms with Crippen LogP contribution >= 0.6 is 0 Å². The smallest absolute Gasteiger partial charge is 0.291 e. The van der Waals surface area contributed by atoms with E-state index in [-0.39, 0.29) is 23.6 Å². The number of fused-ring (bicyclic) bond motifs is 2. The lowest BCUT2D eigenvalue weighted by Crippen LogP contribution is -2.56. The van der Waals surface area contributed by atoms with Crippen LogP contribution in [-0.2, 0) is 18.0 Å². The Balaban J connectivity index is 1.29. The minimum atomic E-state index is -2.94. The molecule has 5 nitrogen and oxygen atoms in total. The van der Waals surface area contributed by atoms with Crippen molar-refractivity contribution >= 4 is 5.91 Å². The maximum Gasteiger partial charge on any atom is 0.291 e. The summed E-state index contributed by atoms with van der Waals surface area (Å²) in [5.41, 5.74) is 1.23. The van der Waals surface area contributed by atoms with Gasteiger partial charge in [0.1, 0.15) is 11.5 Å². The van der Waals surface area contributed by atoms with E-state index < -0.39 is 5.92 Å². The van der Waals surface area contributed by atoms with Crippen LogP contribution < -0.4 is 4.74 Å². The van der Waals surface area contributed by atoms with Crippen LogP contribution in [0.5, 0.6) is 11.5 Å². The van der Waals surface area contributed by atoms with Crippen molar-refractivity contribution in [3.63, 3.8) is 0 Å². The molecule has 1 fully saturated rings. The van der Waals surface area contributed by atoms with E-state index in [4.69, 9.17) is 4.74 Å². The molecule has 36 heavy (non-hydrogen) atoms. The molecular weight excluding hydrogens is 460 g/mol. The van der Waals surface area contributed by atoms with Gasteiger partial charge in [0, 0.05) is 43.9 Å². The second kappa shape index (κ2) is 9.54. The van der Waals surface area contributed by atoms with Gasteiger partial charge < -0.3 is 14.2 Å². The Morgan fingerprint density at radius 2 is 1.64 bits per heavy atom. The van der Waals surface area contributed by atoms with Crippen molar-refractivity contribution in [2.75, 3.05) is 26.7 Å². The van der Waals surface area contributed by atoms with E-state index in [2.05, 4.69) is 18.5 Å². The second-order valence-electron chi connectivity index (χ2n) is 9.64. The van der Waals surface area contributed by atoms with Crippen LogP contribution in [0.3, 0.4) is 0 Å². The summed E-state index contributed by atoms with van der Waals surface area (Å²) in [6.45, 7) is 5.84. The number of hydrogen-bond donors (Lipinski definition) is 0.